The van der Waals surface area contributed by atoms with Crippen molar-refractivity contribution >= 4 is 11.0 Å². The van der Waals surface area contributed by atoms with Gasteiger partial charge in [0.15, 0.2) is 0 Å². The third kappa shape index (κ3) is 2.42. The summed E-state index contributed by atoms with van der Waals surface area (Å²) in [6.07, 6.45) is 1.74. The van der Waals surface area contributed by atoms with Crippen molar-refractivity contribution in [3.63, 3.8) is 0 Å². The highest BCUT2D eigenvalue weighted by molar-refractivity contribution is 5.76. The minimum absolute atomic E-state index is 0.0613. The molecule has 0 amide bonds. The molecule has 19 heavy (non-hydrogen) atoms. The first-order chi connectivity index (χ1) is 8.62. The zero-order valence-electron chi connectivity index (χ0n) is 12.6. The topological polar surface area (TPSA) is 34.9 Å². The highest BCUT2D eigenvalue weighted by atomic mass is 16.1. The van der Waals surface area contributed by atoms with E-state index in [1.165, 1.54) is 0 Å². The van der Waals surface area contributed by atoms with Gasteiger partial charge in [0.25, 0.3) is 5.56 Å². The fraction of sp³-hybridized carbons (Fsp3) is 0.500. The van der Waals surface area contributed by atoms with Gasteiger partial charge in [0, 0.05) is 22.7 Å². The molecule has 2 rings (SSSR count). The fourth-order valence-corrected chi connectivity index (χ4v) is 2.30. The lowest BCUT2D eigenvalue weighted by molar-refractivity contribution is 0.389. The lowest BCUT2D eigenvalue weighted by atomic mass is 9.87. The summed E-state index contributed by atoms with van der Waals surface area (Å²) in [5.74, 6) is 0. The number of nitrogens with zero attached hydrogens (tertiary/aromatic N) is 2. The summed E-state index contributed by atoms with van der Waals surface area (Å²) in [7, 11) is 0. The number of hydrogen-bond acceptors (Lipinski definition) is 2. The largest absolute Gasteiger partial charge is 0.287 e. The smallest absolute Gasteiger partial charge is 0.256 e. The van der Waals surface area contributed by atoms with Crippen LogP contribution in [0.5, 0.6) is 0 Å². The molecule has 0 atom stereocenters. The molecule has 0 aliphatic heterocycles. The number of hydrogen-bond donors (Lipinski definition) is 0. The van der Waals surface area contributed by atoms with Gasteiger partial charge in [-0.1, -0.05) is 20.8 Å². The molecule has 0 saturated heterocycles. The van der Waals surface area contributed by atoms with Gasteiger partial charge in [0.05, 0.1) is 0 Å². The minimum Gasteiger partial charge on any atom is -0.287 e. The predicted octanol–water partition coefficient (Wildman–Crippen LogP) is 3.45. The van der Waals surface area contributed by atoms with E-state index >= 15 is 0 Å². The van der Waals surface area contributed by atoms with Crippen molar-refractivity contribution in [1.82, 2.24) is 9.55 Å². The zero-order valence-corrected chi connectivity index (χ0v) is 12.6. The minimum atomic E-state index is -0.287. The zero-order chi connectivity index (χ0) is 14.4. The van der Waals surface area contributed by atoms with Crippen LogP contribution in [0.3, 0.4) is 0 Å². The van der Waals surface area contributed by atoms with E-state index in [1.807, 2.05) is 43.5 Å². The number of aromatic nitrogens is 2. The van der Waals surface area contributed by atoms with Crippen molar-refractivity contribution in [3.05, 3.63) is 40.3 Å². The van der Waals surface area contributed by atoms with Crippen molar-refractivity contribution in [2.45, 2.75) is 52.5 Å². The van der Waals surface area contributed by atoms with Crippen LogP contribution in [0, 0.1) is 0 Å². The average molecular weight is 258 g/mol. The van der Waals surface area contributed by atoms with Gasteiger partial charge >= 0.3 is 0 Å². The highest BCUT2D eigenvalue weighted by Gasteiger charge is 2.25. The first kappa shape index (κ1) is 13.8. The summed E-state index contributed by atoms with van der Waals surface area (Å²) >= 11 is 0. The molecule has 0 bridgehead atoms. The van der Waals surface area contributed by atoms with E-state index in [9.17, 15) is 4.79 Å². The quantitative estimate of drug-likeness (QED) is 0.725. The molecule has 0 spiro atoms. The standard InChI is InChI=1S/C16H22N2O/c1-15(2,3)12-10-11-8-7-9-17-13(11)18(14(12)19)16(4,5)6/h7-10H,1-6H3. The molecule has 3 heteroatoms. The third-order valence-corrected chi connectivity index (χ3v) is 3.24. The Morgan fingerprint density at radius 2 is 1.74 bits per heavy atom. The second-order valence-electron chi connectivity index (χ2n) is 7.04. The van der Waals surface area contributed by atoms with Gasteiger partial charge in [-0.2, -0.15) is 0 Å². The van der Waals surface area contributed by atoms with Gasteiger partial charge in [-0.15, -0.1) is 0 Å². The van der Waals surface area contributed by atoms with Gasteiger partial charge in [0.2, 0.25) is 0 Å². The molecule has 102 valence electrons. The molecule has 2 heterocycles. The summed E-state index contributed by atoms with van der Waals surface area (Å²) in [5, 5.41) is 1.02. The summed E-state index contributed by atoms with van der Waals surface area (Å²) in [6.45, 7) is 12.3. The van der Waals surface area contributed by atoms with Crippen LogP contribution in [-0.4, -0.2) is 9.55 Å². The van der Waals surface area contributed by atoms with Crippen LogP contribution in [0.4, 0.5) is 0 Å². The van der Waals surface area contributed by atoms with Crippen LogP contribution < -0.4 is 5.56 Å². The molecule has 0 radical (unpaired) electrons. The summed E-state index contributed by atoms with van der Waals surface area (Å²) < 4.78 is 1.81. The first-order valence-electron chi connectivity index (χ1n) is 6.64. The maximum absolute atomic E-state index is 12.8. The SMILES string of the molecule is CC(C)(C)c1cc2cccnc2n(C(C)(C)C)c1=O. The van der Waals surface area contributed by atoms with Crippen LogP contribution in [-0.2, 0) is 11.0 Å². The lowest BCUT2D eigenvalue weighted by Crippen LogP contribution is -2.39. The normalized spacial score (nSPS) is 12.9. The second kappa shape index (κ2) is 4.19. The Balaban J connectivity index is 2.99. The van der Waals surface area contributed by atoms with Gasteiger partial charge in [0.1, 0.15) is 5.65 Å². The molecular weight excluding hydrogens is 236 g/mol. The van der Waals surface area contributed by atoms with Gasteiger partial charge < -0.3 is 0 Å². The van der Waals surface area contributed by atoms with E-state index in [4.69, 9.17) is 0 Å². The molecule has 2 aromatic rings. The van der Waals surface area contributed by atoms with Crippen LogP contribution in [0.1, 0.15) is 47.1 Å². The van der Waals surface area contributed by atoms with Crippen molar-refractivity contribution in [1.29, 1.82) is 0 Å². The summed E-state index contributed by atoms with van der Waals surface area (Å²) in [5.41, 5.74) is 1.20. The van der Waals surface area contributed by atoms with Crippen LogP contribution in [0.2, 0.25) is 0 Å². The molecule has 0 fully saturated rings. The Morgan fingerprint density at radius 3 is 2.26 bits per heavy atom. The Labute approximate surface area is 114 Å². The number of rotatable bonds is 0. The predicted molar refractivity (Wildman–Crippen MR) is 79.7 cm³/mol. The Hall–Kier alpha value is -1.64. The summed E-state index contributed by atoms with van der Waals surface area (Å²) in [4.78, 5) is 17.2. The maximum atomic E-state index is 12.8. The van der Waals surface area contributed by atoms with E-state index in [1.54, 1.807) is 6.20 Å². The lowest BCUT2D eigenvalue weighted by Gasteiger charge is -2.27. The highest BCUT2D eigenvalue weighted by Crippen LogP contribution is 2.25. The Kier molecular flexibility index (Phi) is 3.04. The molecule has 0 aliphatic carbocycles. The molecule has 0 saturated carbocycles. The van der Waals surface area contributed by atoms with Crippen LogP contribution >= 0.6 is 0 Å². The monoisotopic (exact) mass is 258 g/mol. The Morgan fingerprint density at radius 1 is 1.11 bits per heavy atom. The molecular formula is C16H22N2O. The maximum Gasteiger partial charge on any atom is 0.256 e. The molecule has 0 aromatic carbocycles. The van der Waals surface area contributed by atoms with E-state index in [0.29, 0.717) is 0 Å². The van der Waals surface area contributed by atoms with Crippen molar-refractivity contribution in [2.24, 2.45) is 0 Å². The summed E-state index contributed by atoms with van der Waals surface area (Å²) in [6, 6.07) is 5.90. The first-order valence-corrected chi connectivity index (χ1v) is 6.64. The van der Waals surface area contributed by atoms with Crippen LogP contribution in [0.25, 0.3) is 11.0 Å². The molecule has 0 N–H and O–H groups in total. The molecule has 0 aliphatic rings. The van der Waals surface area contributed by atoms with E-state index in [-0.39, 0.29) is 16.5 Å². The van der Waals surface area contributed by atoms with E-state index in [2.05, 4.69) is 25.8 Å². The van der Waals surface area contributed by atoms with Gasteiger partial charge in [-0.3, -0.25) is 9.36 Å². The molecule has 3 nitrogen and oxygen atoms in total. The van der Waals surface area contributed by atoms with E-state index < -0.39 is 0 Å². The second-order valence-corrected chi connectivity index (χ2v) is 7.04. The molecule has 0 unspecified atom stereocenters. The van der Waals surface area contributed by atoms with E-state index in [0.717, 1.165) is 16.6 Å². The number of fused-ring (bicyclic) bond motifs is 1. The Bertz CT molecular complexity index is 670. The number of pyridine rings is 2. The van der Waals surface area contributed by atoms with Crippen LogP contribution in [0.15, 0.2) is 29.2 Å². The fourth-order valence-electron chi connectivity index (χ4n) is 2.30. The van der Waals surface area contributed by atoms with Crippen molar-refractivity contribution < 1.29 is 0 Å². The average Bonchev–Trinajstić information content (AvgIpc) is 2.24. The van der Waals surface area contributed by atoms with Crippen molar-refractivity contribution in [3.8, 4) is 0 Å². The van der Waals surface area contributed by atoms with Gasteiger partial charge in [-0.05, 0) is 44.4 Å². The van der Waals surface area contributed by atoms with Gasteiger partial charge in [-0.25, -0.2) is 4.98 Å². The third-order valence-electron chi connectivity index (χ3n) is 3.24. The van der Waals surface area contributed by atoms with Crippen molar-refractivity contribution in [2.75, 3.05) is 0 Å². The molecule has 2 aromatic heterocycles.